The molecule has 2 aromatic rings. The third-order valence-electron chi connectivity index (χ3n) is 7.60. The largest absolute Gasteiger partial charge is 0.459 e. The first kappa shape index (κ1) is 29.1. The summed E-state index contributed by atoms with van der Waals surface area (Å²) >= 11 is 0. The summed E-state index contributed by atoms with van der Waals surface area (Å²) in [5.74, 6) is 1.15. The van der Waals surface area contributed by atoms with Gasteiger partial charge in [0.25, 0.3) is 0 Å². The van der Waals surface area contributed by atoms with E-state index in [0.717, 1.165) is 56.3 Å². The van der Waals surface area contributed by atoms with Crippen LogP contribution in [-0.2, 0) is 16.0 Å². The molecule has 1 heterocycles. The number of esters is 1. The summed E-state index contributed by atoms with van der Waals surface area (Å²) in [6.45, 7) is 4.47. The van der Waals surface area contributed by atoms with Gasteiger partial charge in [-0.3, -0.25) is 0 Å². The van der Waals surface area contributed by atoms with Crippen molar-refractivity contribution in [2.24, 2.45) is 0 Å². The Hall–Kier alpha value is -2.49. The first-order chi connectivity index (χ1) is 18.2. The highest BCUT2D eigenvalue weighted by Crippen LogP contribution is 2.34. The van der Waals surface area contributed by atoms with Crippen LogP contribution in [0.3, 0.4) is 0 Å². The molecule has 0 spiro atoms. The van der Waals surface area contributed by atoms with Crippen LogP contribution in [0.1, 0.15) is 127 Å². The van der Waals surface area contributed by atoms with E-state index in [9.17, 15) is 4.79 Å². The Balaban J connectivity index is 1.34. The van der Waals surface area contributed by atoms with Crippen LogP contribution in [0, 0.1) is 0 Å². The van der Waals surface area contributed by atoms with Crippen molar-refractivity contribution in [3.63, 3.8) is 0 Å². The van der Waals surface area contributed by atoms with Gasteiger partial charge in [-0.05, 0) is 68.4 Å². The molecule has 4 heteroatoms. The standard InChI is InChI=1S/C33H48N2O2/c1-3-5-7-8-9-10-11-12-14-16-32(36)37-31-23-21-29(22-24-31)28-17-19-30(20-18-28)33-34-25-27(26-35-33)15-13-6-4-2/h14,16-20,25-26,29,31H,3-13,15,21-24H2,1-2H3. The van der Waals surface area contributed by atoms with Crippen molar-refractivity contribution in [3.05, 3.63) is 59.9 Å². The lowest BCUT2D eigenvalue weighted by atomic mass is 9.82. The maximum absolute atomic E-state index is 12.2. The Morgan fingerprint density at radius 1 is 0.838 bits per heavy atom. The Bertz CT molecular complexity index is 912. The number of rotatable bonds is 16. The summed E-state index contributed by atoms with van der Waals surface area (Å²) in [4.78, 5) is 21.4. The van der Waals surface area contributed by atoms with E-state index in [2.05, 4.69) is 48.1 Å². The quantitative estimate of drug-likeness (QED) is 0.130. The molecule has 1 aromatic heterocycles. The van der Waals surface area contributed by atoms with Crippen LogP contribution in [0.4, 0.5) is 0 Å². The molecule has 0 atom stereocenters. The first-order valence-corrected chi connectivity index (χ1v) is 15.0. The molecule has 0 N–H and O–H groups in total. The van der Waals surface area contributed by atoms with Crippen molar-refractivity contribution in [3.8, 4) is 11.4 Å². The van der Waals surface area contributed by atoms with Gasteiger partial charge < -0.3 is 4.74 Å². The average Bonchev–Trinajstić information content (AvgIpc) is 2.93. The van der Waals surface area contributed by atoms with Gasteiger partial charge in [0.05, 0.1) is 0 Å². The maximum atomic E-state index is 12.2. The van der Waals surface area contributed by atoms with Gasteiger partial charge in [-0.1, -0.05) is 95.6 Å². The molecule has 3 rings (SSSR count). The van der Waals surface area contributed by atoms with E-state index in [0.29, 0.717) is 5.92 Å². The fourth-order valence-electron chi connectivity index (χ4n) is 5.23. The molecule has 0 bridgehead atoms. The lowest BCUT2D eigenvalue weighted by Crippen LogP contribution is -2.23. The Morgan fingerprint density at radius 3 is 2.14 bits per heavy atom. The van der Waals surface area contributed by atoms with Gasteiger partial charge >= 0.3 is 5.97 Å². The molecule has 1 aromatic carbocycles. The number of nitrogens with zero attached hydrogens (tertiary/aromatic N) is 2. The zero-order valence-corrected chi connectivity index (χ0v) is 23.3. The van der Waals surface area contributed by atoms with Gasteiger partial charge in [-0.15, -0.1) is 0 Å². The Kier molecular flexibility index (Phi) is 13.4. The van der Waals surface area contributed by atoms with E-state index in [4.69, 9.17) is 4.74 Å². The van der Waals surface area contributed by atoms with E-state index >= 15 is 0 Å². The molecule has 1 saturated carbocycles. The number of aryl methyl sites for hydroxylation is 1. The average molecular weight is 505 g/mol. The van der Waals surface area contributed by atoms with Crippen molar-refractivity contribution in [1.82, 2.24) is 9.97 Å². The number of ether oxygens (including phenoxy) is 1. The van der Waals surface area contributed by atoms with Crippen LogP contribution < -0.4 is 0 Å². The summed E-state index contributed by atoms with van der Waals surface area (Å²) in [5, 5.41) is 0. The molecule has 1 aliphatic rings. The molecule has 0 radical (unpaired) electrons. The highest BCUT2D eigenvalue weighted by molar-refractivity contribution is 5.82. The minimum Gasteiger partial charge on any atom is -0.459 e. The predicted molar refractivity (Wildman–Crippen MR) is 154 cm³/mol. The SMILES string of the molecule is CCCCCCCCCC=CC(=O)OC1CCC(c2ccc(-c3ncc(CCCCC)cn3)cc2)CC1. The monoisotopic (exact) mass is 504 g/mol. The second kappa shape index (κ2) is 17.1. The molecule has 0 unspecified atom stereocenters. The maximum Gasteiger partial charge on any atom is 0.330 e. The number of unbranched alkanes of at least 4 members (excludes halogenated alkanes) is 9. The van der Waals surface area contributed by atoms with E-state index in [1.165, 1.54) is 68.9 Å². The van der Waals surface area contributed by atoms with Gasteiger partial charge in [0.1, 0.15) is 6.10 Å². The molecule has 1 fully saturated rings. The lowest BCUT2D eigenvalue weighted by Gasteiger charge is -2.28. The highest BCUT2D eigenvalue weighted by Gasteiger charge is 2.24. The molecular weight excluding hydrogens is 456 g/mol. The fourth-order valence-corrected chi connectivity index (χ4v) is 5.23. The number of aromatic nitrogens is 2. The fraction of sp³-hybridized carbons (Fsp3) is 0.606. The van der Waals surface area contributed by atoms with Gasteiger partial charge in [-0.2, -0.15) is 0 Å². The summed E-state index contributed by atoms with van der Waals surface area (Å²) in [6.07, 6.45) is 26.4. The lowest BCUT2D eigenvalue weighted by molar-refractivity contribution is -0.144. The van der Waals surface area contributed by atoms with Crippen molar-refractivity contribution < 1.29 is 9.53 Å². The minimum atomic E-state index is -0.174. The van der Waals surface area contributed by atoms with Crippen molar-refractivity contribution in [2.75, 3.05) is 0 Å². The van der Waals surface area contributed by atoms with Crippen LogP contribution in [0.5, 0.6) is 0 Å². The zero-order chi connectivity index (χ0) is 26.1. The normalized spacial score (nSPS) is 17.8. The molecule has 0 amide bonds. The molecule has 202 valence electrons. The third kappa shape index (κ3) is 10.8. The van der Waals surface area contributed by atoms with Gasteiger partial charge in [0.2, 0.25) is 0 Å². The van der Waals surface area contributed by atoms with Crippen LogP contribution in [0.2, 0.25) is 0 Å². The Labute approximate surface area is 225 Å². The van der Waals surface area contributed by atoms with E-state index < -0.39 is 0 Å². The molecule has 0 saturated heterocycles. The van der Waals surface area contributed by atoms with Crippen LogP contribution in [-0.4, -0.2) is 22.0 Å². The van der Waals surface area contributed by atoms with Crippen molar-refractivity contribution in [2.45, 2.75) is 129 Å². The van der Waals surface area contributed by atoms with Crippen molar-refractivity contribution >= 4 is 5.97 Å². The van der Waals surface area contributed by atoms with Gasteiger partial charge in [0, 0.05) is 24.0 Å². The number of hydrogen-bond acceptors (Lipinski definition) is 4. The molecule has 1 aliphatic carbocycles. The number of carbonyl (C=O) groups excluding carboxylic acids is 1. The second-order valence-corrected chi connectivity index (χ2v) is 10.7. The second-order valence-electron chi connectivity index (χ2n) is 10.7. The smallest absolute Gasteiger partial charge is 0.330 e. The predicted octanol–water partition coefficient (Wildman–Crippen LogP) is 9.14. The Morgan fingerprint density at radius 2 is 1.46 bits per heavy atom. The number of benzene rings is 1. The summed E-state index contributed by atoms with van der Waals surface area (Å²) < 4.78 is 5.72. The topological polar surface area (TPSA) is 52.1 Å². The van der Waals surface area contributed by atoms with Crippen molar-refractivity contribution in [1.29, 1.82) is 0 Å². The van der Waals surface area contributed by atoms with Crippen LogP contribution in [0.15, 0.2) is 48.8 Å². The molecule has 4 nitrogen and oxygen atoms in total. The molecular formula is C33H48N2O2. The first-order valence-electron chi connectivity index (χ1n) is 15.0. The number of allylic oxidation sites excluding steroid dienone is 1. The van der Waals surface area contributed by atoms with Gasteiger partial charge in [0.15, 0.2) is 5.82 Å². The molecule has 0 aliphatic heterocycles. The summed E-state index contributed by atoms with van der Waals surface area (Å²) in [6, 6.07) is 8.72. The van der Waals surface area contributed by atoms with Gasteiger partial charge in [-0.25, -0.2) is 14.8 Å². The van der Waals surface area contributed by atoms with E-state index in [1.807, 2.05) is 18.5 Å². The third-order valence-corrected chi connectivity index (χ3v) is 7.60. The number of hydrogen-bond donors (Lipinski definition) is 0. The molecule has 37 heavy (non-hydrogen) atoms. The number of carbonyl (C=O) groups is 1. The summed E-state index contributed by atoms with van der Waals surface area (Å²) in [7, 11) is 0. The highest BCUT2D eigenvalue weighted by atomic mass is 16.5. The van der Waals surface area contributed by atoms with E-state index in [-0.39, 0.29) is 12.1 Å². The van der Waals surface area contributed by atoms with Crippen LogP contribution >= 0.6 is 0 Å². The van der Waals surface area contributed by atoms with E-state index in [1.54, 1.807) is 6.08 Å². The minimum absolute atomic E-state index is 0.0514. The zero-order valence-electron chi connectivity index (χ0n) is 23.3. The summed E-state index contributed by atoms with van der Waals surface area (Å²) in [5.41, 5.74) is 3.64. The van der Waals surface area contributed by atoms with Crippen LogP contribution in [0.25, 0.3) is 11.4 Å².